The van der Waals surface area contributed by atoms with Gasteiger partial charge in [-0.25, -0.2) is 4.98 Å². The predicted octanol–water partition coefficient (Wildman–Crippen LogP) is 2.21. The molecule has 0 aliphatic carbocycles. The maximum atomic E-state index is 13.1. The Kier molecular flexibility index (Phi) is 3.40. The summed E-state index contributed by atoms with van der Waals surface area (Å²) < 4.78 is 51.0. The second-order valence-corrected chi connectivity index (χ2v) is 4.65. The molecular formula is C13H13F3N2O3. The molecule has 1 aromatic heterocycles. The maximum absolute atomic E-state index is 13.1. The van der Waals surface area contributed by atoms with E-state index < -0.39 is 12.0 Å². The smallest absolute Gasteiger partial charge is 0.449 e. The molecule has 1 aromatic carbocycles. The van der Waals surface area contributed by atoms with Gasteiger partial charge in [0.15, 0.2) is 11.5 Å². The van der Waals surface area contributed by atoms with Gasteiger partial charge in [-0.2, -0.15) is 13.2 Å². The van der Waals surface area contributed by atoms with Gasteiger partial charge in [-0.15, -0.1) is 0 Å². The highest BCUT2D eigenvalue weighted by Gasteiger charge is 2.37. The van der Waals surface area contributed by atoms with E-state index in [9.17, 15) is 13.2 Å². The molecule has 5 nitrogen and oxygen atoms in total. The number of aromatic nitrogens is 2. The second kappa shape index (κ2) is 5.10. The molecule has 8 heteroatoms. The minimum Gasteiger partial charge on any atom is -0.486 e. The molecule has 0 saturated carbocycles. The zero-order valence-electron chi connectivity index (χ0n) is 11.0. The first-order valence-corrected chi connectivity index (χ1v) is 6.48. The number of aliphatic hydroxyl groups is 1. The monoisotopic (exact) mass is 302 g/mol. The third-order valence-corrected chi connectivity index (χ3v) is 3.21. The van der Waals surface area contributed by atoms with Crippen LogP contribution in [0.25, 0.3) is 11.0 Å². The number of aryl methyl sites for hydroxylation is 1. The van der Waals surface area contributed by atoms with Crippen LogP contribution in [0.15, 0.2) is 12.1 Å². The number of benzene rings is 1. The van der Waals surface area contributed by atoms with Gasteiger partial charge in [0.25, 0.3) is 0 Å². The van der Waals surface area contributed by atoms with Gasteiger partial charge in [0.05, 0.1) is 11.0 Å². The average molecular weight is 302 g/mol. The summed E-state index contributed by atoms with van der Waals surface area (Å²) in [4.78, 5) is 3.67. The Hall–Kier alpha value is -1.96. The second-order valence-electron chi connectivity index (χ2n) is 4.65. The van der Waals surface area contributed by atoms with Gasteiger partial charge in [0.1, 0.15) is 13.2 Å². The Labute approximate surface area is 117 Å². The number of nitrogens with zero attached hydrogens (tertiary/aromatic N) is 2. The lowest BCUT2D eigenvalue weighted by atomic mass is 10.2. The van der Waals surface area contributed by atoms with E-state index in [-0.39, 0.29) is 25.1 Å². The number of alkyl halides is 3. The van der Waals surface area contributed by atoms with E-state index in [2.05, 4.69) is 4.98 Å². The number of rotatable bonds is 3. The Morgan fingerprint density at radius 3 is 2.48 bits per heavy atom. The van der Waals surface area contributed by atoms with Crippen molar-refractivity contribution in [2.24, 2.45) is 0 Å². The lowest BCUT2D eigenvalue weighted by Crippen LogP contribution is -2.16. The quantitative estimate of drug-likeness (QED) is 0.944. The standard InChI is InChI=1S/C13H13F3N2O3/c14-13(15,16)12-17-8-6-10-11(21-5-4-20-10)7-9(8)18(12)2-1-3-19/h6-7,19H,1-5H2. The molecule has 1 aliphatic heterocycles. The molecule has 2 aromatic rings. The van der Waals surface area contributed by atoms with Crippen LogP contribution in [0, 0.1) is 0 Å². The van der Waals surface area contributed by atoms with E-state index in [1.54, 1.807) is 0 Å². The SMILES string of the molecule is OCCCn1c(C(F)(F)F)nc2cc3c(cc21)OCCO3. The van der Waals surface area contributed by atoms with Crippen molar-refractivity contribution in [1.29, 1.82) is 0 Å². The molecule has 0 bridgehead atoms. The van der Waals surface area contributed by atoms with Crippen LogP contribution in [0.4, 0.5) is 13.2 Å². The number of imidazole rings is 1. The molecule has 0 saturated heterocycles. The topological polar surface area (TPSA) is 56.5 Å². The number of hydrogen-bond donors (Lipinski definition) is 1. The van der Waals surface area contributed by atoms with Crippen molar-refractivity contribution in [3.05, 3.63) is 18.0 Å². The molecule has 1 N–H and O–H groups in total. The fraction of sp³-hybridized carbons (Fsp3) is 0.462. The summed E-state index contributed by atoms with van der Waals surface area (Å²) in [5.41, 5.74) is 0.518. The zero-order chi connectivity index (χ0) is 15.0. The van der Waals surface area contributed by atoms with Gasteiger partial charge >= 0.3 is 6.18 Å². The zero-order valence-corrected chi connectivity index (χ0v) is 11.0. The summed E-state index contributed by atoms with van der Waals surface area (Å²) in [6, 6.07) is 2.96. The highest BCUT2D eigenvalue weighted by molar-refractivity contribution is 5.81. The van der Waals surface area contributed by atoms with Crippen LogP contribution in [0.5, 0.6) is 11.5 Å². The van der Waals surface area contributed by atoms with Gasteiger partial charge < -0.3 is 19.1 Å². The molecule has 0 atom stereocenters. The fourth-order valence-corrected chi connectivity index (χ4v) is 2.33. The van der Waals surface area contributed by atoms with Gasteiger partial charge in [0, 0.05) is 25.3 Å². The number of hydrogen-bond acceptors (Lipinski definition) is 4. The summed E-state index contributed by atoms with van der Waals surface area (Å²) in [5, 5.41) is 8.86. The van der Waals surface area contributed by atoms with E-state index in [0.717, 1.165) is 4.57 Å². The number of aliphatic hydroxyl groups excluding tert-OH is 1. The summed E-state index contributed by atoms with van der Waals surface area (Å²) >= 11 is 0. The highest BCUT2D eigenvalue weighted by atomic mass is 19.4. The third kappa shape index (κ3) is 2.51. The van der Waals surface area contributed by atoms with E-state index in [1.165, 1.54) is 12.1 Å². The number of halogens is 3. The summed E-state index contributed by atoms with van der Waals surface area (Å²) in [6.45, 7) is 0.550. The van der Waals surface area contributed by atoms with Crippen molar-refractivity contribution in [2.45, 2.75) is 19.1 Å². The van der Waals surface area contributed by atoms with Crippen LogP contribution in [0.3, 0.4) is 0 Å². The van der Waals surface area contributed by atoms with Crippen LogP contribution < -0.4 is 9.47 Å². The van der Waals surface area contributed by atoms with Gasteiger partial charge in [-0.1, -0.05) is 0 Å². The third-order valence-electron chi connectivity index (χ3n) is 3.21. The van der Waals surface area contributed by atoms with Crippen LogP contribution >= 0.6 is 0 Å². The van der Waals surface area contributed by atoms with E-state index in [0.29, 0.717) is 30.2 Å². The maximum Gasteiger partial charge on any atom is 0.449 e. The fourth-order valence-electron chi connectivity index (χ4n) is 2.33. The number of ether oxygens (including phenoxy) is 2. The van der Waals surface area contributed by atoms with E-state index in [1.807, 2.05) is 0 Å². The minimum atomic E-state index is -4.56. The first-order chi connectivity index (χ1) is 10.0. The number of fused-ring (bicyclic) bond motifs is 2. The molecule has 0 unspecified atom stereocenters. The molecule has 0 radical (unpaired) electrons. The summed E-state index contributed by atoms with van der Waals surface area (Å²) in [6.07, 6.45) is -4.35. The molecule has 0 spiro atoms. The van der Waals surface area contributed by atoms with E-state index >= 15 is 0 Å². The normalized spacial score (nSPS) is 14.7. The molecule has 21 heavy (non-hydrogen) atoms. The van der Waals surface area contributed by atoms with Crippen LogP contribution in [-0.2, 0) is 12.7 Å². The van der Waals surface area contributed by atoms with Crippen molar-refractivity contribution >= 4 is 11.0 Å². The average Bonchev–Trinajstić information content (AvgIpc) is 2.80. The predicted molar refractivity (Wildman–Crippen MR) is 67.4 cm³/mol. The molecule has 0 amide bonds. The van der Waals surface area contributed by atoms with Crippen molar-refractivity contribution in [3.8, 4) is 11.5 Å². The van der Waals surface area contributed by atoms with Gasteiger partial charge in [-0.3, -0.25) is 0 Å². The summed E-state index contributed by atoms with van der Waals surface area (Å²) in [5.74, 6) is -0.171. The minimum absolute atomic E-state index is 0.0293. The molecular weight excluding hydrogens is 289 g/mol. The van der Waals surface area contributed by atoms with Crippen molar-refractivity contribution in [2.75, 3.05) is 19.8 Å². The Balaban J connectivity index is 2.17. The first kappa shape index (κ1) is 14.0. The molecule has 114 valence electrons. The highest BCUT2D eigenvalue weighted by Crippen LogP contribution is 2.38. The Bertz CT molecular complexity index is 667. The van der Waals surface area contributed by atoms with Crippen molar-refractivity contribution in [1.82, 2.24) is 9.55 Å². The Morgan fingerprint density at radius 1 is 1.19 bits per heavy atom. The van der Waals surface area contributed by atoms with Crippen LogP contribution in [0.2, 0.25) is 0 Å². The largest absolute Gasteiger partial charge is 0.486 e. The molecule has 0 fully saturated rings. The van der Waals surface area contributed by atoms with E-state index in [4.69, 9.17) is 14.6 Å². The van der Waals surface area contributed by atoms with Crippen LogP contribution in [-0.4, -0.2) is 34.5 Å². The first-order valence-electron chi connectivity index (χ1n) is 6.48. The van der Waals surface area contributed by atoms with Crippen LogP contribution in [0.1, 0.15) is 12.2 Å². The summed E-state index contributed by atoms with van der Waals surface area (Å²) in [7, 11) is 0. The van der Waals surface area contributed by atoms with Crippen molar-refractivity contribution < 1.29 is 27.8 Å². The molecule has 1 aliphatic rings. The Morgan fingerprint density at radius 2 is 1.86 bits per heavy atom. The molecule has 3 rings (SSSR count). The van der Waals surface area contributed by atoms with Gasteiger partial charge in [-0.05, 0) is 6.42 Å². The molecule has 2 heterocycles. The lowest BCUT2D eigenvalue weighted by Gasteiger charge is -2.18. The lowest BCUT2D eigenvalue weighted by molar-refractivity contribution is -0.147. The van der Waals surface area contributed by atoms with Crippen molar-refractivity contribution in [3.63, 3.8) is 0 Å². The van der Waals surface area contributed by atoms with Gasteiger partial charge in [0.2, 0.25) is 5.82 Å².